The number of anilines is 1. The molecule has 20 heavy (non-hydrogen) atoms. The molecule has 0 aromatic carbocycles. The highest BCUT2D eigenvalue weighted by Crippen LogP contribution is 2.29. The van der Waals surface area contributed by atoms with Gasteiger partial charge in [-0.3, -0.25) is 4.98 Å². The van der Waals surface area contributed by atoms with E-state index in [4.69, 9.17) is 0 Å². The Labute approximate surface area is 124 Å². The van der Waals surface area contributed by atoms with Crippen molar-refractivity contribution >= 4 is 5.69 Å². The van der Waals surface area contributed by atoms with Crippen molar-refractivity contribution in [2.24, 2.45) is 5.41 Å². The molecule has 0 aliphatic heterocycles. The fourth-order valence-electron chi connectivity index (χ4n) is 2.05. The lowest BCUT2D eigenvalue weighted by molar-refractivity contribution is 0.329. The maximum absolute atomic E-state index is 4.28. The van der Waals surface area contributed by atoms with Gasteiger partial charge in [-0.05, 0) is 39.2 Å². The third-order valence-corrected chi connectivity index (χ3v) is 3.90. The molecule has 3 nitrogen and oxygen atoms in total. The average molecular weight is 277 g/mol. The molecule has 1 unspecified atom stereocenters. The minimum Gasteiger partial charge on any atom is -0.371 e. The molecule has 114 valence electrons. The Morgan fingerprint density at radius 2 is 1.80 bits per heavy atom. The highest BCUT2D eigenvalue weighted by Gasteiger charge is 2.25. The zero-order valence-corrected chi connectivity index (χ0v) is 14.4. The summed E-state index contributed by atoms with van der Waals surface area (Å²) < 4.78 is 0. The second-order valence-electron chi connectivity index (χ2n) is 7.76. The summed E-state index contributed by atoms with van der Waals surface area (Å²) in [5.41, 5.74) is 2.87. The molecule has 0 radical (unpaired) electrons. The maximum Gasteiger partial charge on any atom is 0.0442 e. The van der Waals surface area contributed by atoms with Crippen LogP contribution >= 0.6 is 0 Å². The molecule has 1 aromatic rings. The van der Waals surface area contributed by atoms with Crippen LogP contribution < -0.4 is 10.2 Å². The predicted molar refractivity (Wildman–Crippen MR) is 88.1 cm³/mol. The lowest BCUT2D eigenvalue weighted by Gasteiger charge is -2.38. The van der Waals surface area contributed by atoms with Gasteiger partial charge in [-0.2, -0.15) is 0 Å². The first-order valence-electron chi connectivity index (χ1n) is 7.43. The van der Waals surface area contributed by atoms with Crippen LogP contribution in [0.2, 0.25) is 0 Å². The molecule has 1 heterocycles. The second kappa shape index (κ2) is 6.13. The van der Waals surface area contributed by atoms with Crippen LogP contribution in [0.1, 0.15) is 54.0 Å². The molecular formula is C17H31N3. The monoisotopic (exact) mass is 277 g/mol. The Morgan fingerprint density at radius 3 is 2.30 bits per heavy atom. The third-order valence-electron chi connectivity index (χ3n) is 3.90. The van der Waals surface area contributed by atoms with Gasteiger partial charge in [0.05, 0.1) is 0 Å². The summed E-state index contributed by atoms with van der Waals surface area (Å²) in [6, 6.07) is 2.57. The highest BCUT2D eigenvalue weighted by molar-refractivity contribution is 5.52. The van der Waals surface area contributed by atoms with Crippen LogP contribution in [-0.2, 0) is 6.54 Å². The number of hydrogen-bond donors (Lipinski definition) is 1. The van der Waals surface area contributed by atoms with Crippen LogP contribution in [0, 0.1) is 5.41 Å². The van der Waals surface area contributed by atoms with Crippen molar-refractivity contribution in [2.75, 3.05) is 11.9 Å². The summed E-state index contributed by atoms with van der Waals surface area (Å²) in [5, 5.41) is 3.54. The van der Waals surface area contributed by atoms with Crippen molar-refractivity contribution in [3.05, 3.63) is 24.0 Å². The number of nitrogens with zero attached hydrogens (tertiary/aromatic N) is 2. The van der Waals surface area contributed by atoms with Crippen molar-refractivity contribution in [2.45, 2.75) is 66.6 Å². The molecule has 1 N–H and O–H groups in total. The van der Waals surface area contributed by atoms with Crippen molar-refractivity contribution in [1.29, 1.82) is 0 Å². The standard InChI is InChI=1S/C17H31N3/c1-13(16(2,3)4)20(8)15-9-10-18-11-14(15)12-19-17(5,6)7/h9-11,13,19H,12H2,1-8H3. The molecule has 0 aliphatic carbocycles. The Kier molecular flexibility index (Phi) is 5.20. The summed E-state index contributed by atoms with van der Waals surface area (Å²) in [4.78, 5) is 6.65. The molecule has 1 atom stereocenters. The Hall–Kier alpha value is -1.09. The SMILES string of the molecule is CC(N(C)c1ccncc1CNC(C)(C)C)C(C)(C)C. The minimum absolute atomic E-state index is 0.112. The van der Waals surface area contributed by atoms with E-state index in [2.05, 4.69) is 76.8 Å². The molecular weight excluding hydrogens is 246 g/mol. The molecule has 0 spiro atoms. The van der Waals surface area contributed by atoms with Gasteiger partial charge < -0.3 is 10.2 Å². The van der Waals surface area contributed by atoms with Gasteiger partial charge in [-0.1, -0.05) is 20.8 Å². The zero-order valence-electron chi connectivity index (χ0n) is 14.4. The van der Waals surface area contributed by atoms with Gasteiger partial charge in [0.1, 0.15) is 0 Å². The Bertz CT molecular complexity index is 427. The summed E-state index contributed by atoms with van der Waals surface area (Å²) in [6.45, 7) is 16.5. The number of hydrogen-bond acceptors (Lipinski definition) is 3. The van der Waals surface area contributed by atoms with Gasteiger partial charge in [0.25, 0.3) is 0 Å². The van der Waals surface area contributed by atoms with Crippen molar-refractivity contribution < 1.29 is 0 Å². The average Bonchev–Trinajstić information content (AvgIpc) is 2.33. The van der Waals surface area contributed by atoms with Crippen LogP contribution in [0.25, 0.3) is 0 Å². The van der Waals surface area contributed by atoms with Crippen molar-refractivity contribution in [3.63, 3.8) is 0 Å². The van der Waals surface area contributed by atoms with E-state index in [0.29, 0.717) is 6.04 Å². The van der Waals surface area contributed by atoms with Crippen molar-refractivity contribution in [1.82, 2.24) is 10.3 Å². The second-order valence-corrected chi connectivity index (χ2v) is 7.76. The number of pyridine rings is 1. The van der Waals surface area contributed by atoms with Crippen molar-refractivity contribution in [3.8, 4) is 0 Å². The molecule has 1 rings (SSSR count). The molecule has 0 aliphatic rings. The van der Waals surface area contributed by atoms with E-state index in [9.17, 15) is 0 Å². The Morgan fingerprint density at radius 1 is 1.20 bits per heavy atom. The van der Waals surface area contributed by atoms with Crippen LogP contribution in [0.15, 0.2) is 18.5 Å². The number of aromatic nitrogens is 1. The lowest BCUT2D eigenvalue weighted by Crippen LogP contribution is -2.40. The largest absolute Gasteiger partial charge is 0.371 e. The summed E-state index contributed by atoms with van der Waals surface area (Å²) >= 11 is 0. The molecule has 0 bridgehead atoms. The van der Waals surface area contributed by atoms with E-state index < -0.39 is 0 Å². The summed E-state index contributed by atoms with van der Waals surface area (Å²) in [6.07, 6.45) is 3.85. The van der Waals surface area contributed by atoms with E-state index in [1.54, 1.807) is 0 Å². The predicted octanol–water partition coefficient (Wildman–Crippen LogP) is 3.84. The first-order valence-corrected chi connectivity index (χ1v) is 7.43. The topological polar surface area (TPSA) is 28.2 Å². The lowest BCUT2D eigenvalue weighted by atomic mass is 9.87. The van der Waals surface area contributed by atoms with Crippen LogP contribution in [0.4, 0.5) is 5.69 Å². The van der Waals surface area contributed by atoms with E-state index in [1.807, 2.05) is 12.4 Å². The number of rotatable bonds is 4. The quantitative estimate of drug-likeness (QED) is 0.906. The van der Waals surface area contributed by atoms with E-state index in [1.165, 1.54) is 11.3 Å². The van der Waals surface area contributed by atoms with Crippen LogP contribution in [0.3, 0.4) is 0 Å². The maximum atomic E-state index is 4.28. The van der Waals surface area contributed by atoms with Gasteiger partial charge in [-0.25, -0.2) is 0 Å². The van der Waals surface area contributed by atoms with Crippen LogP contribution in [0.5, 0.6) is 0 Å². The van der Waals surface area contributed by atoms with Gasteiger partial charge >= 0.3 is 0 Å². The van der Waals surface area contributed by atoms with Gasteiger partial charge in [-0.15, -0.1) is 0 Å². The number of nitrogens with one attached hydrogen (secondary N) is 1. The summed E-state index contributed by atoms with van der Waals surface area (Å²) in [5.74, 6) is 0. The van der Waals surface area contributed by atoms with E-state index in [0.717, 1.165) is 6.54 Å². The Balaban J connectivity index is 2.95. The molecule has 3 heteroatoms. The first kappa shape index (κ1) is 17.0. The van der Waals surface area contributed by atoms with Gasteiger partial charge in [0.15, 0.2) is 0 Å². The fraction of sp³-hybridized carbons (Fsp3) is 0.706. The van der Waals surface area contributed by atoms with Crippen LogP contribution in [-0.4, -0.2) is 23.6 Å². The molecule has 1 aromatic heterocycles. The molecule has 0 amide bonds. The smallest absolute Gasteiger partial charge is 0.0442 e. The summed E-state index contributed by atoms with van der Waals surface area (Å²) in [7, 11) is 2.17. The zero-order chi connectivity index (χ0) is 15.6. The first-order chi connectivity index (χ1) is 9.02. The highest BCUT2D eigenvalue weighted by atomic mass is 15.1. The molecule has 0 saturated heterocycles. The fourth-order valence-corrected chi connectivity index (χ4v) is 2.05. The normalized spacial score (nSPS) is 14.2. The van der Waals surface area contributed by atoms with E-state index >= 15 is 0 Å². The van der Waals surface area contributed by atoms with Gasteiger partial charge in [0.2, 0.25) is 0 Å². The molecule has 0 saturated carbocycles. The molecule has 0 fully saturated rings. The van der Waals surface area contributed by atoms with Gasteiger partial charge in [0, 0.05) is 48.8 Å². The van der Waals surface area contributed by atoms with E-state index in [-0.39, 0.29) is 11.0 Å². The minimum atomic E-state index is 0.112. The third kappa shape index (κ3) is 4.78.